The normalized spacial score (nSPS) is 11.0. The number of halogens is 1. The van der Waals surface area contributed by atoms with E-state index >= 15 is 0 Å². The zero-order valence-corrected chi connectivity index (χ0v) is 14.4. The first-order valence-electron chi connectivity index (χ1n) is 8.32. The molecule has 4 aromatic rings. The number of aromatic nitrogens is 2. The maximum Gasteiger partial charge on any atom is 0.312 e. The monoisotopic (exact) mass is 366 g/mol. The molecular weight excluding hydrogens is 351 g/mol. The highest BCUT2D eigenvalue weighted by atomic mass is 19.1. The van der Waals surface area contributed by atoms with Crippen molar-refractivity contribution in [2.45, 2.75) is 20.0 Å². The fourth-order valence-corrected chi connectivity index (χ4v) is 2.78. The van der Waals surface area contributed by atoms with Gasteiger partial charge in [0.1, 0.15) is 23.8 Å². The molecule has 0 spiro atoms. The Labute approximate surface area is 153 Å². The van der Waals surface area contributed by atoms with Crippen molar-refractivity contribution >= 4 is 16.9 Å². The second-order valence-corrected chi connectivity index (χ2v) is 6.05. The highest BCUT2D eigenvalue weighted by Gasteiger charge is 2.17. The third kappa shape index (κ3) is 3.44. The van der Waals surface area contributed by atoms with Crippen molar-refractivity contribution < 1.29 is 23.0 Å². The summed E-state index contributed by atoms with van der Waals surface area (Å²) in [5, 5.41) is 8.65. The van der Waals surface area contributed by atoms with Gasteiger partial charge in [-0.15, -0.1) is 0 Å². The van der Waals surface area contributed by atoms with Crippen molar-refractivity contribution in [2.24, 2.45) is 0 Å². The molecule has 0 bridgehead atoms. The Morgan fingerprint density at radius 2 is 1.78 bits per heavy atom. The molecule has 0 unspecified atom stereocenters. The van der Waals surface area contributed by atoms with Crippen molar-refractivity contribution in [3.8, 4) is 11.3 Å². The summed E-state index contributed by atoms with van der Waals surface area (Å²) in [5.74, 6) is -0.256. The van der Waals surface area contributed by atoms with E-state index in [-0.39, 0.29) is 18.8 Å². The van der Waals surface area contributed by atoms with Gasteiger partial charge in [0.15, 0.2) is 11.3 Å². The Morgan fingerprint density at radius 1 is 1.04 bits per heavy atom. The van der Waals surface area contributed by atoms with Gasteiger partial charge in [0, 0.05) is 16.5 Å². The van der Waals surface area contributed by atoms with E-state index in [2.05, 4.69) is 10.3 Å². The van der Waals surface area contributed by atoms with Crippen LogP contribution in [0.3, 0.4) is 0 Å². The third-order valence-electron chi connectivity index (χ3n) is 4.26. The lowest BCUT2D eigenvalue weighted by Crippen LogP contribution is -2.09. The van der Waals surface area contributed by atoms with Crippen LogP contribution in [0, 0.1) is 12.7 Å². The van der Waals surface area contributed by atoms with Gasteiger partial charge in [0.25, 0.3) is 0 Å². The molecule has 6 nitrogen and oxygen atoms in total. The van der Waals surface area contributed by atoms with E-state index in [9.17, 15) is 9.18 Å². The lowest BCUT2D eigenvalue weighted by molar-refractivity contribution is -0.144. The first kappa shape index (κ1) is 17.0. The summed E-state index contributed by atoms with van der Waals surface area (Å²) in [4.78, 5) is 12.1. The molecule has 7 heteroatoms. The summed E-state index contributed by atoms with van der Waals surface area (Å²) >= 11 is 0. The summed E-state index contributed by atoms with van der Waals surface area (Å²) in [7, 11) is 0. The van der Waals surface area contributed by atoms with Crippen molar-refractivity contribution in [3.05, 3.63) is 71.3 Å². The molecule has 0 aliphatic rings. The summed E-state index contributed by atoms with van der Waals surface area (Å²) in [6, 6.07) is 13.2. The van der Waals surface area contributed by atoms with Gasteiger partial charge in [-0.3, -0.25) is 4.79 Å². The van der Waals surface area contributed by atoms with Gasteiger partial charge in [-0.05, 0) is 43.3 Å². The molecule has 0 saturated carbocycles. The summed E-state index contributed by atoms with van der Waals surface area (Å²) in [6.07, 6.45) is -0.00126. The van der Waals surface area contributed by atoms with E-state index < -0.39 is 5.97 Å². The fraction of sp³-hybridized carbons (Fsp3) is 0.150. The Kier molecular flexibility index (Phi) is 4.42. The predicted molar refractivity (Wildman–Crippen MR) is 94.1 cm³/mol. The smallest absolute Gasteiger partial charge is 0.312 e. The van der Waals surface area contributed by atoms with Crippen LogP contribution in [0.5, 0.6) is 0 Å². The first-order chi connectivity index (χ1) is 13.1. The van der Waals surface area contributed by atoms with Crippen LogP contribution in [0.15, 0.2) is 57.6 Å². The van der Waals surface area contributed by atoms with E-state index in [1.807, 2.05) is 25.1 Å². The molecule has 2 aromatic heterocycles. The van der Waals surface area contributed by atoms with Crippen molar-refractivity contribution in [1.29, 1.82) is 0 Å². The topological polar surface area (TPSA) is 78.4 Å². The second kappa shape index (κ2) is 7.03. The Hall–Kier alpha value is -3.48. The van der Waals surface area contributed by atoms with Crippen LogP contribution in [0.25, 0.3) is 22.3 Å². The van der Waals surface area contributed by atoms with Gasteiger partial charge < -0.3 is 13.8 Å². The summed E-state index contributed by atoms with van der Waals surface area (Å²) < 4.78 is 28.9. The van der Waals surface area contributed by atoms with Crippen LogP contribution in [0.4, 0.5) is 4.39 Å². The molecule has 27 heavy (non-hydrogen) atoms. The minimum absolute atomic E-state index is 0.00126. The standard InChI is InChI=1S/C20H15FN2O4/c1-12-17(23-27-20(12)13-6-8-14(21)9-7-13)11-25-19(24)10-16-15-4-2-3-5-18(15)26-22-16/h2-9H,10-11H2,1H3. The van der Waals surface area contributed by atoms with Gasteiger partial charge in [-0.1, -0.05) is 22.4 Å². The maximum atomic E-state index is 13.1. The van der Waals surface area contributed by atoms with Gasteiger partial charge in [-0.25, -0.2) is 4.39 Å². The minimum atomic E-state index is -0.445. The number of benzene rings is 2. The lowest BCUT2D eigenvalue weighted by atomic mass is 10.1. The number of rotatable bonds is 5. The van der Waals surface area contributed by atoms with E-state index in [0.29, 0.717) is 28.3 Å². The Balaban J connectivity index is 1.43. The summed E-state index contributed by atoms with van der Waals surface area (Å²) in [5.41, 5.74) is 3.10. The average molecular weight is 366 g/mol. The molecular formula is C20H15FN2O4. The molecule has 4 rings (SSSR count). The Bertz CT molecular complexity index is 1100. The molecule has 136 valence electrons. The molecule has 0 atom stereocenters. The minimum Gasteiger partial charge on any atom is -0.459 e. The molecule has 0 fully saturated rings. The van der Waals surface area contributed by atoms with E-state index in [1.165, 1.54) is 12.1 Å². The maximum absolute atomic E-state index is 13.1. The van der Waals surface area contributed by atoms with Crippen LogP contribution in [-0.4, -0.2) is 16.3 Å². The second-order valence-electron chi connectivity index (χ2n) is 6.05. The molecule has 0 aliphatic heterocycles. The van der Waals surface area contributed by atoms with Crippen molar-refractivity contribution in [2.75, 3.05) is 0 Å². The molecule has 0 aliphatic carbocycles. The first-order valence-corrected chi connectivity index (χ1v) is 8.32. The quantitative estimate of drug-likeness (QED) is 0.492. The van der Waals surface area contributed by atoms with Gasteiger partial charge in [0.2, 0.25) is 0 Å². The molecule has 0 saturated heterocycles. The van der Waals surface area contributed by atoms with Crippen LogP contribution in [0.2, 0.25) is 0 Å². The predicted octanol–water partition coefficient (Wildman–Crippen LogP) is 4.22. The molecule has 2 heterocycles. The highest BCUT2D eigenvalue weighted by Crippen LogP contribution is 2.26. The number of hydrogen-bond acceptors (Lipinski definition) is 6. The van der Waals surface area contributed by atoms with Crippen LogP contribution < -0.4 is 0 Å². The summed E-state index contributed by atoms with van der Waals surface area (Å²) in [6.45, 7) is 1.79. The van der Waals surface area contributed by atoms with Crippen LogP contribution in [0.1, 0.15) is 17.0 Å². The number of carbonyl (C=O) groups is 1. The van der Waals surface area contributed by atoms with Gasteiger partial charge in [-0.2, -0.15) is 0 Å². The average Bonchev–Trinajstić information content (AvgIpc) is 3.25. The number of nitrogens with zero attached hydrogens (tertiary/aromatic N) is 2. The largest absolute Gasteiger partial charge is 0.459 e. The van der Waals surface area contributed by atoms with E-state index in [4.69, 9.17) is 13.8 Å². The number of esters is 1. The number of ether oxygens (including phenoxy) is 1. The molecule has 0 N–H and O–H groups in total. The third-order valence-corrected chi connectivity index (χ3v) is 4.26. The van der Waals surface area contributed by atoms with E-state index in [1.54, 1.807) is 18.2 Å². The fourth-order valence-electron chi connectivity index (χ4n) is 2.78. The van der Waals surface area contributed by atoms with Crippen LogP contribution in [-0.2, 0) is 22.6 Å². The Morgan fingerprint density at radius 3 is 2.59 bits per heavy atom. The number of fused-ring (bicyclic) bond motifs is 1. The van der Waals surface area contributed by atoms with Crippen LogP contribution >= 0.6 is 0 Å². The number of para-hydroxylation sites is 1. The molecule has 2 aromatic carbocycles. The molecule has 0 amide bonds. The highest BCUT2D eigenvalue weighted by molar-refractivity contribution is 5.84. The van der Waals surface area contributed by atoms with Gasteiger partial charge in [0.05, 0.1) is 6.42 Å². The van der Waals surface area contributed by atoms with Gasteiger partial charge >= 0.3 is 5.97 Å². The van der Waals surface area contributed by atoms with Crippen molar-refractivity contribution in [1.82, 2.24) is 10.3 Å². The zero-order chi connectivity index (χ0) is 18.8. The zero-order valence-electron chi connectivity index (χ0n) is 14.4. The molecule has 0 radical (unpaired) electrons. The lowest BCUT2D eigenvalue weighted by Gasteiger charge is -2.02. The number of carbonyl (C=O) groups excluding carboxylic acids is 1. The number of hydrogen-bond donors (Lipinski definition) is 0. The SMILES string of the molecule is Cc1c(COC(=O)Cc2noc3ccccc23)noc1-c1ccc(F)cc1. The van der Waals surface area contributed by atoms with E-state index in [0.717, 1.165) is 10.9 Å². The van der Waals surface area contributed by atoms with Crippen molar-refractivity contribution in [3.63, 3.8) is 0 Å².